The molecule has 1 amide bonds. The van der Waals surface area contributed by atoms with E-state index in [1.807, 2.05) is 6.07 Å². The highest BCUT2D eigenvalue weighted by Crippen LogP contribution is 2.66. The highest BCUT2D eigenvalue weighted by atomic mass is 16.5. The van der Waals surface area contributed by atoms with Crippen LogP contribution in [-0.4, -0.2) is 83.9 Å². The molecule has 7 nitrogen and oxygen atoms in total. The van der Waals surface area contributed by atoms with Crippen molar-refractivity contribution in [2.24, 2.45) is 5.92 Å². The fourth-order valence-corrected chi connectivity index (χ4v) is 8.35. The number of piperidine rings is 1. The van der Waals surface area contributed by atoms with E-state index in [4.69, 9.17) is 9.47 Å². The van der Waals surface area contributed by atoms with Crippen molar-refractivity contribution in [3.05, 3.63) is 23.3 Å². The van der Waals surface area contributed by atoms with Gasteiger partial charge >= 0.3 is 0 Å². The quantitative estimate of drug-likeness (QED) is 0.724. The number of morpholine rings is 1. The minimum Gasteiger partial charge on any atom is -0.504 e. The SMILES string of the molecule is CC(=O)N[C@@]12CCC(N3CCOCC3)C3Oc4c(O)ccc5c4[C@@]31CCN(CC1CC1)[C@@H]2C5. The van der Waals surface area contributed by atoms with Crippen LogP contribution in [0.5, 0.6) is 11.5 Å². The Morgan fingerprint density at radius 3 is 2.76 bits per heavy atom. The maximum atomic E-state index is 12.8. The molecule has 0 aromatic heterocycles. The molecule has 1 aromatic carbocycles. The minimum atomic E-state index is -0.356. The average Bonchev–Trinajstić information content (AvgIpc) is 3.55. The Bertz CT molecular complexity index is 990. The fourth-order valence-electron chi connectivity index (χ4n) is 8.35. The second-order valence-corrected chi connectivity index (χ2v) is 11.3. The number of phenolic OH excluding ortho intramolecular Hbond substituents is 1. The van der Waals surface area contributed by atoms with Crippen molar-refractivity contribution >= 4 is 5.91 Å². The standard InChI is InChI=1S/C26H35N3O4/c1-16(30)27-26-7-6-19(28-10-12-32-13-11-28)24-25(26)8-9-29(15-17-2-3-17)21(26)14-18-4-5-20(31)23(33-24)22(18)25/h4-5,17,19,21,24,31H,2-3,6-15H2,1H3,(H,27,30)/t19?,21-,24?,25+,26-/m1/s1. The van der Waals surface area contributed by atoms with Crippen LogP contribution in [0.2, 0.25) is 0 Å². The summed E-state index contributed by atoms with van der Waals surface area (Å²) in [6.45, 7) is 7.19. The van der Waals surface area contributed by atoms with Gasteiger partial charge in [-0.1, -0.05) is 6.07 Å². The highest BCUT2D eigenvalue weighted by Gasteiger charge is 2.74. The molecular weight excluding hydrogens is 418 g/mol. The monoisotopic (exact) mass is 453 g/mol. The average molecular weight is 454 g/mol. The van der Waals surface area contributed by atoms with Gasteiger partial charge in [0.1, 0.15) is 6.10 Å². The number of phenols is 1. The zero-order chi connectivity index (χ0) is 22.4. The van der Waals surface area contributed by atoms with E-state index in [0.717, 1.165) is 71.0 Å². The van der Waals surface area contributed by atoms with Crippen LogP contribution in [0, 0.1) is 5.92 Å². The molecule has 2 N–H and O–H groups in total. The number of amides is 1. The number of benzene rings is 1. The molecule has 1 spiro atoms. The summed E-state index contributed by atoms with van der Waals surface area (Å²) >= 11 is 0. The molecule has 6 aliphatic rings. The number of nitrogens with one attached hydrogen (secondary N) is 1. The Kier molecular flexibility index (Phi) is 4.41. The van der Waals surface area contributed by atoms with Gasteiger partial charge in [0.2, 0.25) is 5.91 Å². The molecule has 4 fully saturated rings. The molecule has 7 heteroatoms. The molecule has 2 unspecified atom stereocenters. The minimum absolute atomic E-state index is 0.0493. The first-order valence-electron chi connectivity index (χ1n) is 12.9. The third-order valence-electron chi connectivity index (χ3n) is 9.70. The van der Waals surface area contributed by atoms with Crippen LogP contribution >= 0.6 is 0 Å². The molecule has 0 radical (unpaired) electrons. The van der Waals surface area contributed by atoms with Gasteiger partial charge in [0.15, 0.2) is 11.5 Å². The Morgan fingerprint density at radius 2 is 2.00 bits per heavy atom. The van der Waals surface area contributed by atoms with Gasteiger partial charge in [0, 0.05) is 44.2 Å². The molecule has 3 aliphatic carbocycles. The Hall–Kier alpha value is -1.83. The summed E-state index contributed by atoms with van der Waals surface area (Å²) in [5, 5.41) is 14.5. The van der Waals surface area contributed by atoms with Gasteiger partial charge in [-0.3, -0.25) is 14.6 Å². The van der Waals surface area contributed by atoms with Gasteiger partial charge in [0.05, 0.1) is 24.2 Å². The van der Waals surface area contributed by atoms with Crippen LogP contribution in [0.15, 0.2) is 12.1 Å². The van der Waals surface area contributed by atoms with Crippen molar-refractivity contribution in [1.29, 1.82) is 0 Å². The van der Waals surface area contributed by atoms with E-state index in [2.05, 4.69) is 21.2 Å². The first kappa shape index (κ1) is 20.5. The molecule has 178 valence electrons. The van der Waals surface area contributed by atoms with E-state index in [0.29, 0.717) is 5.75 Å². The molecule has 7 rings (SSSR count). The van der Waals surface area contributed by atoms with Crippen molar-refractivity contribution in [3.8, 4) is 11.5 Å². The van der Waals surface area contributed by atoms with Crippen LogP contribution in [0.1, 0.15) is 50.2 Å². The summed E-state index contributed by atoms with van der Waals surface area (Å²) in [7, 11) is 0. The van der Waals surface area contributed by atoms with Gasteiger partial charge in [-0.05, 0) is 62.6 Å². The number of nitrogens with zero attached hydrogens (tertiary/aromatic N) is 2. The topological polar surface area (TPSA) is 74.3 Å². The smallest absolute Gasteiger partial charge is 0.217 e. The predicted octanol–water partition coefficient (Wildman–Crippen LogP) is 1.80. The van der Waals surface area contributed by atoms with Gasteiger partial charge in [0.25, 0.3) is 0 Å². The molecule has 3 aliphatic heterocycles. The van der Waals surface area contributed by atoms with Crippen molar-refractivity contribution in [1.82, 2.24) is 15.1 Å². The van der Waals surface area contributed by atoms with E-state index >= 15 is 0 Å². The van der Waals surface area contributed by atoms with Crippen molar-refractivity contribution in [2.75, 3.05) is 39.4 Å². The molecule has 2 saturated carbocycles. The van der Waals surface area contributed by atoms with Gasteiger partial charge in [-0.15, -0.1) is 0 Å². The summed E-state index contributed by atoms with van der Waals surface area (Å²) in [4.78, 5) is 18.0. The zero-order valence-corrected chi connectivity index (χ0v) is 19.5. The summed E-state index contributed by atoms with van der Waals surface area (Å²) in [6.07, 6.45) is 6.42. The number of hydrogen-bond donors (Lipinski definition) is 2. The Balaban J connectivity index is 1.41. The van der Waals surface area contributed by atoms with Crippen LogP contribution < -0.4 is 10.1 Å². The number of carbonyl (C=O) groups excluding carboxylic acids is 1. The fraction of sp³-hybridized carbons (Fsp3) is 0.731. The first-order valence-corrected chi connectivity index (χ1v) is 12.9. The van der Waals surface area contributed by atoms with E-state index in [1.165, 1.54) is 24.0 Å². The molecule has 2 saturated heterocycles. The predicted molar refractivity (Wildman–Crippen MR) is 123 cm³/mol. The van der Waals surface area contributed by atoms with Gasteiger partial charge in [-0.25, -0.2) is 0 Å². The van der Waals surface area contributed by atoms with Crippen molar-refractivity contribution < 1.29 is 19.4 Å². The van der Waals surface area contributed by atoms with Gasteiger partial charge in [-0.2, -0.15) is 0 Å². The van der Waals surface area contributed by atoms with Crippen LogP contribution in [0.4, 0.5) is 0 Å². The van der Waals surface area contributed by atoms with E-state index < -0.39 is 0 Å². The summed E-state index contributed by atoms with van der Waals surface area (Å²) in [6, 6.07) is 4.48. The van der Waals surface area contributed by atoms with Crippen LogP contribution in [0.3, 0.4) is 0 Å². The Morgan fingerprint density at radius 1 is 1.18 bits per heavy atom. The Labute approximate surface area is 195 Å². The third-order valence-corrected chi connectivity index (χ3v) is 9.70. The summed E-state index contributed by atoms with van der Waals surface area (Å²) < 4.78 is 12.5. The van der Waals surface area contributed by atoms with Crippen molar-refractivity contribution in [3.63, 3.8) is 0 Å². The largest absolute Gasteiger partial charge is 0.504 e. The zero-order valence-electron chi connectivity index (χ0n) is 19.5. The lowest BCUT2D eigenvalue weighted by Crippen LogP contribution is -2.83. The lowest BCUT2D eigenvalue weighted by molar-refractivity contribution is -0.143. The van der Waals surface area contributed by atoms with Gasteiger partial charge < -0.3 is 19.9 Å². The van der Waals surface area contributed by atoms with Crippen molar-refractivity contribution in [2.45, 2.75) is 74.6 Å². The second-order valence-electron chi connectivity index (χ2n) is 11.3. The highest BCUT2D eigenvalue weighted by molar-refractivity contribution is 5.76. The number of likely N-dealkylation sites (tertiary alicyclic amines) is 1. The number of hydrogen-bond acceptors (Lipinski definition) is 6. The molecule has 2 bridgehead atoms. The first-order chi connectivity index (χ1) is 16.0. The normalized spacial score (nSPS) is 39.6. The number of rotatable bonds is 4. The summed E-state index contributed by atoms with van der Waals surface area (Å²) in [5.74, 6) is 1.79. The number of aromatic hydroxyl groups is 1. The lowest BCUT2D eigenvalue weighted by atomic mass is 9.46. The van der Waals surface area contributed by atoms with Crippen LogP contribution in [0.25, 0.3) is 0 Å². The molecule has 33 heavy (non-hydrogen) atoms. The maximum Gasteiger partial charge on any atom is 0.217 e. The second kappa shape index (κ2) is 7.09. The molecular formula is C26H35N3O4. The third kappa shape index (κ3) is 2.70. The van der Waals surface area contributed by atoms with E-state index in [1.54, 1.807) is 6.92 Å². The molecule has 5 atom stereocenters. The molecule has 3 heterocycles. The van der Waals surface area contributed by atoms with Crippen LogP contribution in [-0.2, 0) is 21.4 Å². The van der Waals surface area contributed by atoms with E-state index in [-0.39, 0.29) is 40.8 Å². The maximum absolute atomic E-state index is 12.8. The number of carbonyl (C=O) groups is 1. The number of ether oxygens (including phenoxy) is 2. The summed E-state index contributed by atoms with van der Waals surface area (Å²) in [5.41, 5.74) is 1.85. The molecule has 1 aromatic rings. The lowest BCUT2D eigenvalue weighted by Gasteiger charge is -2.67. The van der Waals surface area contributed by atoms with E-state index in [9.17, 15) is 9.90 Å².